The largest absolute Gasteiger partial charge is 0.377 e. The average Bonchev–Trinajstić information content (AvgIpc) is 1.50. The van der Waals surface area contributed by atoms with Gasteiger partial charge in [-0.2, -0.15) is 0 Å². The number of hydrogen-bond acceptors (Lipinski definition) is 21. The molecule has 0 N–H and O–H groups in total. The highest BCUT2D eigenvalue weighted by molar-refractivity contribution is 7.93. The molecule has 21 nitrogen and oxygen atoms in total. The minimum absolute atomic E-state index is 0.140. The molecule has 3 aliphatic carbocycles. The van der Waals surface area contributed by atoms with Crippen LogP contribution >= 0.6 is 11.6 Å². The summed E-state index contributed by atoms with van der Waals surface area (Å²) in [6.07, 6.45) is 21.9. The lowest BCUT2D eigenvalue weighted by Crippen LogP contribution is -2.44. The van der Waals surface area contributed by atoms with Crippen LogP contribution in [0.5, 0.6) is 0 Å². The zero-order chi connectivity index (χ0) is 62.7. The maximum absolute atomic E-state index is 13.0. The fourth-order valence-electron chi connectivity index (χ4n) is 13.8. The summed E-state index contributed by atoms with van der Waals surface area (Å²) in [5.41, 5.74) is 10.2. The van der Waals surface area contributed by atoms with Crippen LogP contribution in [0.2, 0.25) is 5.15 Å². The van der Waals surface area contributed by atoms with Crippen LogP contribution in [0.25, 0.3) is 52.4 Å². The fourth-order valence-corrected chi connectivity index (χ4v) is 19.6. The molecule has 6 saturated heterocycles. The summed E-state index contributed by atoms with van der Waals surface area (Å²) in [6.45, 7) is 15.7. The van der Waals surface area contributed by atoms with Crippen molar-refractivity contribution < 1.29 is 39.5 Å². The highest BCUT2D eigenvalue weighted by Crippen LogP contribution is 2.45. The van der Waals surface area contributed by atoms with Gasteiger partial charge in [-0.3, -0.25) is 9.97 Å². The summed E-state index contributed by atoms with van der Waals surface area (Å²) in [7, 11) is -9.75. The summed E-state index contributed by atoms with van der Waals surface area (Å²) in [5, 5.41) is -0.202. The maximum Gasteiger partial charge on any atom is 0.162 e. The molecule has 474 valence electrons. The van der Waals surface area contributed by atoms with E-state index in [1.165, 1.54) is 0 Å². The number of pyridine rings is 3. The molecule has 0 spiro atoms. The van der Waals surface area contributed by atoms with Gasteiger partial charge in [0.1, 0.15) is 37.4 Å². The molecule has 0 bridgehead atoms. The number of sulfone groups is 3. The molecule has 0 saturated carbocycles. The average molecular weight is 1300 g/mol. The quantitative estimate of drug-likeness (QED) is 0.123. The Morgan fingerprint density at radius 3 is 1.37 bits per heavy atom. The highest BCUT2D eigenvalue weighted by Gasteiger charge is 2.48. The number of fused-ring (bicyclic) bond motifs is 3. The van der Waals surface area contributed by atoms with Gasteiger partial charge in [-0.25, -0.2) is 60.1 Å². The van der Waals surface area contributed by atoms with Gasteiger partial charge in [0.2, 0.25) is 0 Å². The van der Waals surface area contributed by atoms with E-state index in [1.54, 1.807) is 18.5 Å². The fraction of sp³-hybridized carbons (Fsp3) is 0.492. The first-order valence-corrected chi connectivity index (χ1v) is 36.6. The molecule has 0 unspecified atom stereocenters. The Labute approximate surface area is 531 Å². The van der Waals surface area contributed by atoms with Gasteiger partial charge < -0.3 is 28.9 Å². The van der Waals surface area contributed by atoms with Crippen LogP contribution in [0.4, 0.5) is 17.5 Å². The molecule has 25 heteroatoms. The number of aromatic nitrogens is 9. The summed E-state index contributed by atoms with van der Waals surface area (Å²) in [6, 6.07) is 11.7. The third kappa shape index (κ3) is 11.8. The van der Waals surface area contributed by atoms with Crippen molar-refractivity contribution in [2.24, 2.45) is 0 Å². The molecule has 6 aromatic heterocycles. The molecule has 15 rings (SSSR count). The topological polar surface area (TPSA) is 256 Å². The van der Waals surface area contributed by atoms with E-state index in [9.17, 15) is 25.3 Å². The Balaban J connectivity index is 0.000000124. The molecule has 0 aromatic carbocycles. The van der Waals surface area contributed by atoms with E-state index in [0.29, 0.717) is 131 Å². The number of anilines is 3. The van der Waals surface area contributed by atoms with Gasteiger partial charge in [0.25, 0.3) is 0 Å². The molecular formula is C65H75ClN12O9S3. The number of allylic oxidation sites excluding steroid dienone is 3. The van der Waals surface area contributed by atoms with Crippen LogP contribution in [0, 0.1) is 0 Å². The maximum atomic E-state index is 13.0. The van der Waals surface area contributed by atoms with Gasteiger partial charge >= 0.3 is 0 Å². The van der Waals surface area contributed by atoms with E-state index >= 15 is 0 Å². The second kappa shape index (κ2) is 24.8. The Hall–Kier alpha value is -6.67. The van der Waals surface area contributed by atoms with Gasteiger partial charge in [0.05, 0.1) is 109 Å². The van der Waals surface area contributed by atoms with E-state index in [0.717, 1.165) is 93.8 Å². The van der Waals surface area contributed by atoms with E-state index in [2.05, 4.69) is 74.7 Å². The van der Waals surface area contributed by atoms with Crippen LogP contribution < -0.4 is 14.7 Å². The normalized spacial score (nSPS) is 26.6. The van der Waals surface area contributed by atoms with Crippen molar-refractivity contribution in [3.05, 3.63) is 123 Å². The van der Waals surface area contributed by atoms with Crippen LogP contribution in [0.15, 0.2) is 67.0 Å². The van der Waals surface area contributed by atoms with Crippen LogP contribution in [0.3, 0.4) is 0 Å². The zero-order valence-corrected chi connectivity index (χ0v) is 54.6. The first kappa shape index (κ1) is 62.2. The minimum Gasteiger partial charge on any atom is -0.377 e. The molecule has 6 aliphatic heterocycles. The third-order valence-corrected chi connectivity index (χ3v) is 26.8. The summed E-state index contributed by atoms with van der Waals surface area (Å²) in [4.78, 5) is 49.0. The van der Waals surface area contributed by atoms with Gasteiger partial charge in [-0.1, -0.05) is 48.1 Å². The molecular weight excluding hydrogens is 1220 g/mol. The predicted octanol–water partition coefficient (Wildman–Crippen LogP) is 8.75. The lowest BCUT2D eigenvalue weighted by Gasteiger charge is -2.35. The Morgan fingerprint density at radius 1 is 0.511 bits per heavy atom. The van der Waals surface area contributed by atoms with Crippen molar-refractivity contribution in [2.75, 3.05) is 91.2 Å². The first-order valence-electron chi connectivity index (χ1n) is 31.2. The third-order valence-electron chi connectivity index (χ3n) is 19.2. The number of morpholine rings is 3. The van der Waals surface area contributed by atoms with Crippen molar-refractivity contribution in [1.29, 1.82) is 0 Å². The van der Waals surface area contributed by atoms with E-state index in [4.69, 9.17) is 55.7 Å². The highest BCUT2D eigenvalue weighted by atomic mass is 35.5. The number of hydrogen-bond donors (Lipinski definition) is 0. The molecule has 90 heavy (non-hydrogen) atoms. The zero-order valence-electron chi connectivity index (χ0n) is 51.4. The molecule has 9 aliphatic rings. The molecule has 6 atom stereocenters. The number of halogens is 1. The Kier molecular flexibility index (Phi) is 17.1. The summed E-state index contributed by atoms with van der Waals surface area (Å²) >= 11 is 6.28. The lowest BCUT2D eigenvalue weighted by molar-refractivity contribution is 0.0985. The minimum atomic E-state index is -3.27. The Morgan fingerprint density at radius 2 is 0.944 bits per heavy atom. The molecule has 0 radical (unpaired) electrons. The smallest absolute Gasteiger partial charge is 0.162 e. The van der Waals surface area contributed by atoms with E-state index < -0.39 is 44.3 Å². The van der Waals surface area contributed by atoms with Crippen molar-refractivity contribution in [3.8, 4) is 34.2 Å². The number of rotatable bonds is 9. The van der Waals surface area contributed by atoms with E-state index in [-0.39, 0.29) is 35.4 Å². The van der Waals surface area contributed by atoms with Crippen LogP contribution in [0.1, 0.15) is 129 Å². The number of ether oxygens (including phenoxy) is 3. The monoisotopic (exact) mass is 1300 g/mol. The SMILES string of the molecule is C[C@@H]1COCCN1c1cc([C@@H]2CCCS2(=O)=O)nc(-c2cc(Cl)nc3c2C=CC3)n1.C[C@@H]1COCCN1c1cc([C@@]2(C)CCCS2(=O)=O)nc(-c2ccnc3c2C=CC3)n1.C[C@@H]1COCCN1c1cc([C@]2(C)CCCS2(=O)=O)nc(-c2ccnc3c2C=CC3)n1. The van der Waals surface area contributed by atoms with Crippen LogP contribution in [-0.4, -0.2) is 165 Å². The number of nitrogens with zero attached hydrogens (tertiary/aromatic N) is 12. The summed E-state index contributed by atoms with van der Waals surface area (Å²) in [5.74, 6) is 4.51. The van der Waals surface area contributed by atoms with Crippen LogP contribution in [-0.2, 0) is 72.5 Å². The van der Waals surface area contributed by atoms with Gasteiger partial charge in [-0.05, 0) is 91.3 Å². The summed E-state index contributed by atoms with van der Waals surface area (Å²) < 4.78 is 91.9. The van der Waals surface area contributed by atoms with Gasteiger partial charge in [0.15, 0.2) is 47.0 Å². The molecule has 12 heterocycles. The van der Waals surface area contributed by atoms with Gasteiger partial charge in [-0.15, -0.1) is 0 Å². The molecule has 6 fully saturated rings. The first-order chi connectivity index (χ1) is 43.2. The standard InChI is InChI=1S/2C22H26N4O3S.C21H23ClN4O3S/c2*1-15-14-29-11-10-26(15)20-13-19(22(2)8-4-12-30(22,27)28)24-21(25-20)17-7-9-23-18-6-3-5-16(17)18;1-13-12-29-8-7-26(13)20-11-17(18-6-3-9-30(18,27)28)24-21(25-20)15-10-19(22)23-16-5-2-4-14(15)16/h2*3,5,7,9,13,15H,4,6,8,10-12,14H2,1-2H3;2,4,10-11,13,18H,3,5-9,12H2,1H3/t15-,22+;15-,22-;13-,18+/m111/s1. The van der Waals surface area contributed by atoms with Gasteiger partial charge in [0, 0.05) is 103 Å². The Bertz CT molecular complexity index is 4070. The predicted molar refractivity (Wildman–Crippen MR) is 348 cm³/mol. The lowest BCUT2D eigenvalue weighted by atomic mass is 10.00. The van der Waals surface area contributed by atoms with E-state index in [1.807, 2.05) is 56.3 Å². The van der Waals surface area contributed by atoms with Crippen molar-refractivity contribution >= 4 is 76.8 Å². The second-order valence-electron chi connectivity index (χ2n) is 25.1. The van der Waals surface area contributed by atoms with Crippen molar-refractivity contribution in [3.63, 3.8) is 0 Å². The second-order valence-corrected chi connectivity index (χ2v) is 32.9. The van der Waals surface area contributed by atoms with Crippen molar-refractivity contribution in [1.82, 2.24) is 44.9 Å². The van der Waals surface area contributed by atoms with Crippen molar-refractivity contribution in [2.45, 2.75) is 125 Å². The molecule has 6 aromatic rings. The molecule has 0 amide bonds.